The van der Waals surface area contributed by atoms with Gasteiger partial charge in [0, 0.05) is 5.56 Å². The maximum Gasteiger partial charge on any atom is 0.200 e. The van der Waals surface area contributed by atoms with Crippen molar-refractivity contribution in [1.82, 2.24) is 9.55 Å². The Morgan fingerprint density at radius 1 is 1.23 bits per heavy atom. The molecule has 0 saturated carbocycles. The highest BCUT2D eigenvalue weighted by molar-refractivity contribution is 7.12. The van der Waals surface area contributed by atoms with Crippen LogP contribution in [0.15, 0.2) is 41.0 Å². The SMILES string of the molecule is Cc1ccc2c(c1)ncn2C1=NC(C)(C)C(=O)c2sccc21. The van der Waals surface area contributed by atoms with Crippen molar-refractivity contribution >= 4 is 34.0 Å². The fraction of sp³-hybridized carbons (Fsp3) is 0.235. The molecule has 110 valence electrons. The first-order valence-corrected chi connectivity index (χ1v) is 8.02. The van der Waals surface area contributed by atoms with Crippen molar-refractivity contribution in [2.45, 2.75) is 26.3 Å². The molecule has 0 unspecified atom stereocenters. The molecule has 3 heterocycles. The zero-order chi connectivity index (χ0) is 15.5. The van der Waals surface area contributed by atoms with Crippen LogP contribution in [0.5, 0.6) is 0 Å². The van der Waals surface area contributed by atoms with Gasteiger partial charge in [-0.15, -0.1) is 11.3 Å². The Labute approximate surface area is 132 Å². The Morgan fingerprint density at radius 2 is 2.05 bits per heavy atom. The summed E-state index contributed by atoms with van der Waals surface area (Å²) in [5, 5.41) is 1.95. The normalized spacial score (nSPS) is 16.7. The summed E-state index contributed by atoms with van der Waals surface area (Å²) in [5.74, 6) is 0.883. The highest BCUT2D eigenvalue weighted by atomic mass is 32.1. The number of carbonyl (C=O) groups excluding carboxylic acids is 1. The highest BCUT2D eigenvalue weighted by Crippen LogP contribution is 2.32. The molecular formula is C17H15N3OS. The van der Waals surface area contributed by atoms with E-state index in [2.05, 4.69) is 30.1 Å². The number of hydrogen-bond acceptors (Lipinski definition) is 4. The number of ketones is 1. The van der Waals surface area contributed by atoms with E-state index in [4.69, 9.17) is 4.99 Å². The monoisotopic (exact) mass is 309 g/mol. The fourth-order valence-corrected chi connectivity index (χ4v) is 3.77. The van der Waals surface area contributed by atoms with Gasteiger partial charge in [0.05, 0.1) is 15.9 Å². The summed E-state index contributed by atoms with van der Waals surface area (Å²) in [6.45, 7) is 5.78. The second kappa shape index (κ2) is 4.36. The van der Waals surface area contributed by atoms with E-state index < -0.39 is 5.54 Å². The fourth-order valence-electron chi connectivity index (χ4n) is 2.79. The van der Waals surface area contributed by atoms with Crippen LogP contribution in [-0.2, 0) is 0 Å². The van der Waals surface area contributed by atoms with Gasteiger partial charge in [-0.3, -0.25) is 14.4 Å². The second-order valence-electron chi connectivity index (χ2n) is 6.09. The van der Waals surface area contributed by atoms with Crippen molar-refractivity contribution in [2.75, 3.05) is 0 Å². The third-order valence-electron chi connectivity index (χ3n) is 3.98. The van der Waals surface area contributed by atoms with Crippen LogP contribution >= 0.6 is 11.3 Å². The van der Waals surface area contributed by atoms with E-state index in [1.807, 2.05) is 29.9 Å². The molecular weight excluding hydrogens is 294 g/mol. The predicted molar refractivity (Wildman–Crippen MR) is 89.1 cm³/mol. The average Bonchev–Trinajstić information content (AvgIpc) is 3.09. The minimum Gasteiger partial charge on any atom is -0.291 e. The van der Waals surface area contributed by atoms with Gasteiger partial charge in [0.1, 0.15) is 17.7 Å². The number of thiophene rings is 1. The first-order valence-electron chi connectivity index (χ1n) is 7.14. The Hall–Kier alpha value is -2.27. The molecule has 1 aliphatic rings. The molecule has 0 spiro atoms. The molecule has 0 radical (unpaired) electrons. The zero-order valence-corrected chi connectivity index (χ0v) is 13.4. The van der Waals surface area contributed by atoms with Gasteiger partial charge < -0.3 is 0 Å². The molecule has 0 amide bonds. The molecule has 0 bridgehead atoms. The van der Waals surface area contributed by atoms with Crippen LogP contribution in [0.1, 0.15) is 34.6 Å². The molecule has 5 heteroatoms. The molecule has 3 aromatic rings. The molecule has 0 fully saturated rings. The first-order chi connectivity index (χ1) is 10.5. The maximum atomic E-state index is 12.5. The van der Waals surface area contributed by atoms with Crippen molar-refractivity contribution in [3.05, 3.63) is 52.0 Å². The second-order valence-corrected chi connectivity index (χ2v) is 7.01. The van der Waals surface area contributed by atoms with E-state index in [1.165, 1.54) is 16.9 Å². The maximum absolute atomic E-state index is 12.5. The number of aromatic nitrogens is 2. The van der Waals surface area contributed by atoms with Crippen molar-refractivity contribution in [3.63, 3.8) is 0 Å². The molecule has 4 rings (SSSR count). The smallest absolute Gasteiger partial charge is 0.200 e. The Morgan fingerprint density at radius 3 is 2.86 bits per heavy atom. The van der Waals surface area contributed by atoms with E-state index in [0.717, 1.165) is 27.3 Å². The minimum atomic E-state index is -0.742. The van der Waals surface area contributed by atoms with Crippen molar-refractivity contribution < 1.29 is 4.79 Å². The van der Waals surface area contributed by atoms with Gasteiger partial charge in [-0.2, -0.15) is 0 Å². The molecule has 0 N–H and O–H groups in total. The van der Waals surface area contributed by atoms with Gasteiger partial charge in [0.15, 0.2) is 0 Å². The van der Waals surface area contributed by atoms with Crippen LogP contribution in [0, 0.1) is 6.92 Å². The van der Waals surface area contributed by atoms with Gasteiger partial charge in [-0.25, -0.2) is 4.98 Å². The zero-order valence-electron chi connectivity index (χ0n) is 12.6. The Balaban J connectivity index is 2.00. The van der Waals surface area contributed by atoms with E-state index in [1.54, 1.807) is 6.33 Å². The highest BCUT2D eigenvalue weighted by Gasteiger charge is 2.37. The van der Waals surface area contributed by atoms with Crippen molar-refractivity contribution in [1.29, 1.82) is 0 Å². The third kappa shape index (κ3) is 1.78. The van der Waals surface area contributed by atoms with Crippen LogP contribution in [0.25, 0.3) is 11.0 Å². The number of imidazole rings is 1. The topological polar surface area (TPSA) is 47.2 Å². The van der Waals surface area contributed by atoms with Gasteiger partial charge >= 0.3 is 0 Å². The van der Waals surface area contributed by atoms with Crippen molar-refractivity contribution in [2.24, 2.45) is 4.99 Å². The summed E-state index contributed by atoms with van der Waals surface area (Å²) in [6.07, 6.45) is 1.79. The van der Waals surface area contributed by atoms with E-state index in [9.17, 15) is 4.79 Å². The lowest BCUT2D eigenvalue weighted by atomic mass is 9.93. The van der Waals surface area contributed by atoms with E-state index in [-0.39, 0.29) is 5.78 Å². The number of aliphatic imine (C=N–C) groups is 1. The standard InChI is InChI=1S/C17H15N3OS/c1-10-4-5-13-12(8-10)18-9-20(13)16-11-6-7-22-14(11)15(21)17(2,3)19-16/h4-9H,1-3H3. The molecule has 1 aliphatic heterocycles. The number of nitrogens with zero attached hydrogens (tertiary/aromatic N) is 3. The molecule has 0 saturated heterocycles. The van der Waals surface area contributed by atoms with Gasteiger partial charge in [0.25, 0.3) is 0 Å². The lowest BCUT2D eigenvalue weighted by Crippen LogP contribution is -2.37. The molecule has 4 nitrogen and oxygen atoms in total. The number of rotatable bonds is 0. The van der Waals surface area contributed by atoms with Crippen molar-refractivity contribution in [3.8, 4) is 0 Å². The summed E-state index contributed by atoms with van der Waals surface area (Å²) in [4.78, 5) is 22.5. The molecule has 0 aliphatic carbocycles. The summed E-state index contributed by atoms with van der Waals surface area (Å²) < 4.78 is 1.98. The van der Waals surface area contributed by atoms with E-state index in [0.29, 0.717) is 0 Å². The number of benzene rings is 1. The molecule has 1 aromatic carbocycles. The lowest BCUT2D eigenvalue weighted by Gasteiger charge is -2.25. The molecule has 0 atom stereocenters. The Bertz CT molecular complexity index is 946. The summed E-state index contributed by atoms with van der Waals surface area (Å²) in [6, 6.07) is 8.14. The number of hydrogen-bond donors (Lipinski definition) is 0. The van der Waals surface area contributed by atoms with Gasteiger partial charge in [-0.1, -0.05) is 6.07 Å². The van der Waals surface area contributed by atoms with E-state index >= 15 is 0 Å². The summed E-state index contributed by atoms with van der Waals surface area (Å²) in [7, 11) is 0. The first kappa shape index (κ1) is 13.4. The van der Waals surface area contributed by atoms with Crippen LogP contribution in [0.4, 0.5) is 0 Å². The number of fused-ring (bicyclic) bond motifs is 2. The Kier molecular flexibility index (Phi) is 2.66. The number of carbonyl (C=O) groups is 1. The third-order valence-corrected chi connectivity index (χ3v) is 4.90. The molecule has 2 aromatic heterocycles. The number of aryl methyl sites for hydroxylation is 1. The van der Waals surface area contributed by atoms with Gasteiger partial charge in [0.2, 0.25) is 5.78 Å². The average molecular weight is 309 g/mol. The lowest BCUT2D eigenvalue weighted by molar-refractivity contribution is 0.0916. The summed E-state index contributed by atoms with van der Waals surface area (Å²) >= 11 is 1.48. The van der Waals surface area contributed by atoms with Crippen LogP contribution in [0.2, 0.25) is 0 Å². The van der Waals surface area contributed by atoms with Gasteiger partial charge in [-0.05, 0) is 49.9 Å². The predicted octanol–water partition coefficient (Wildman–Crippen LogP) is 3.68. The van der Waals surface area contributed by atoms with Crippen LogP contribution in [-0.4, -0.2) is 26.7 Å². The quantitative estimate of drug-likeness (QED) is 0.636. The number of Topliss-reactive ketones (excluding diaryl/α,β-unsaturated/α-hetero) is 1. The largest absolute Gasteiger partial charge is 0.291 e. The van der Waals surface area contributed by atoms with Crippen LogP contribution < -0.4 is 0 Å². The minimum absolute atomic E-state index is 0.0847. The molecule has 22 heavy (non-hydrogen) atoms. The summed E-state index contributed by atoms with van der Waals surface area (Å²) in [5.41, 5.74) is 3.28. The van der Waals surface area contributed by atoms with Crippen LogP contribution in [0.3, 0.4) is 0 Å².